The molecule has 0 heterocycles. The SMILES string of the molecule is C[C@@H](Sc1ccccc1)C(=O)Nc1ccc(CC#N)cc1. The number of hydrogen-bond acceptors (Lipinski definition) is 3. The van der Waals surface area contributed by atoms with E-state index in [-0.39, 0.29) is 11.2 Å². The number of hydrogen-bond donors (Lipinski definition) is 1. The Morgan fingerprint density at radius 3 is 2.48 bits per heavy atom. The normalized spacial score (nSPS) is 11.4. The number of rotatable bonds is 5. The Morgan fingerprint density at radius 2 is 1.86 bits per heavy atom. The first kappa shape index (κ1) is 15.1. The van der Waals surface area contributed by atoms with Crippen LogP contribution in [0.3, 0.4) is 0 Å². The molecule has 0 aliphatic carbocycles. The Labute approximate surface area is 129 Å². The lowest BCUT2D eigenvalue weighted by Gasteiger charge is -2.12. The van der Waals surface area contributed by atoms with Crippen molar-refractivity contribution in [2.24, 2.45) is 0 Å². The molecule has 21 heavy (non-hydrogen) atoms. The molecule has 1 N–H and O–H groups in total. The second-order valence-corrected chi connectivity index (χ2v) is 6.01. The van der Waals surface area contributed by atoms with Gasteiger partial charge in [0.1, 0.15) is 0 Å². The van der Waals surface area contributed by atoms with Crippen LogP contribution in [0.25, 0.3) is 0 Å². The van der Waals surface area contributed by atoms with E-state index in [0.29, 0.717) is 6.42 Å². The fourth-order valence-electron chi connectivity index (χ4n) is 1.80. The van der Waals surface area contributed by atoms with Gasteiger partial charge in [-0.15, -0.1) is 11.8 Å². The van der Waals surface area contributed by atoms with E-state index in [9.17, 15) is 4.79 Å². The molecule has 0 bridgehead atoms. The minimum Gasteiger partial charge on any atom is -0.325 e. The number of thioether (sulfide) groups is 1. The van der Waals surface area contributed by atoms with Gasteiger partial charge in [0, 0.05) is 10.6 Å². The van der Waals surface area contributed by atoms with E-state index < -0.39 is 0 Å². The van der Waals surface area contributed by atoms with Gasteiger partial charge >= 0.3 is 0 Å². The zero-order valence-corrected chi connectivity index (χ0v) is 12.6. The topological polar surface area (TPSA) is 52.9 Å². The van der Waals surface area contributed by atoms with E-state index >= 15 is 0 Å². The van der Waals surface area contributed by atoms with Crippen LogP contribution in [0, 0.1) is 11.3 Å². The molecule has 2 aromatic rings. The van der Waals surface area contributed by atoms with Crippen molar-refractivity contribution in [3.8, 4) is 6.07 Å². The molecule has 4 heteroatoms. The zero-order chi connectivity index (χ0) is 15.1. The van der Waals surface area contributed by atoms with Crippen molar-refractivity contribution in [1.82, 2.24) is 0 Å². The van der Waals surface area contributed by atoms with E-state index in [2.05, 4.69) is 11.4 Å². The van der Waals surface area contributed by atoms with Gasteiger partial charge in [-0.1, -0.05) is 30.3 Å². The maximum atomic E-state index is 12.1. The lowest BCUT2D eigenvalue weighted by atomic mass is 10.1. The monoisotopic (exact) mass is 296 g/mol. The van der Waals surface area contributed by atoms with Gasteiger partial charge in [-0.25, -0.2) is 0 Å². The standard InChI is InChI=1S/C17H16N2OS/c1-13(21-16-5-3-2-4-6-16)17(20)19-15-9-7-14(8-10-15)11-12-18/h2-10,13H,11H2,1H3,(H,19,20)/t13-/m1/s1. The summed E-state index contributed by atoms with van der Waals surface area (Å²) in [5.74, 6) is -0.0307. The Hall–Kier alpha value is -2.25. The smallest absolute Gasteiger partial charge is 0.237 e. The first-order valence-corrected chi connectivity index (χ1v) is 7.55. The number of nitrogens with zero attached hydrogens (tertiary/aromatic N) is 1. The van der Waals surface area contributed by atoms with Gasteiger partial charge in [-0.2, -0.15) is 5.26 Å². The summed E-state index contributed by atoms with van der Waals surface area (Å²) in [5, 5.41) is 11.3. The second-order valence-electron chi connectivity index (χ2n) is 4.59. The first-order valence-electron chi connectivity index (χ1n) is 6.67. The third-order valence-electron chi connectivity index (χ3n) is 2.93. The lowest BCUT2D eigenvalue weighted by Crippen LogP contribution is -2.22. The van der Waals surface area contributed by atoms with Crippen molar-refractivity contribution >= 4 is 23.4 Å². The maximum Gasteiger partial charge on any atom is 0.237 e. The molecule has 0 spiro atoms. The Kier molecular flexibility index (Phi) is 5.42. The summed E-state index contributed by atoms with van der Waals surface area (Å²) in [4.78, 5) is 13.2. The Morgan fingerprint density at radius 1 is 1.19 bits per heavy atom. The van der Waals surface area contributed by atoms with E-state index in [1.54, 1.807) is 0 Å². The Balaban J connectivity index is 1.93. The first-order chi connectivity index (χ1) is 10.2. The van der Waals surface area contributed by atoms with Gasteiger partial charge in [0.2, 0.25) is 5.91 Å². The number of nitriles is 1. The van der Waals surface area contributed by atoms with Crippen molar-refractivity contribution < 1.29 is 4.79 Å². The lowest BCUT2D eigenvalue weighted by molar-refractivity contribution is -0.115. The number of carbonyl (C=O) groups is 1. The third kappa shape index (κ3) is 4.66. The summed E-state index contributed by atoms with van der Waals surface area (Å²) in [6.07, 6.45) is 0.383. The van der Waals surface area contributed by atoms with Crippen LogP contribution < -0.4 is 5.32 Å². The van der Waals surface area contributed by atoms with Crippen LogP contribution in [0.5, 0.6) is 0 Å². The molecule has 106 valence electrons. The van der Waals surface area contributed by atoms with E-state index in [0.717, 1.165) is 16.1 Å². The summed E-state index contributed by atoms with van der Waals surface area (Å²) in [6.45, 7) is 1.89. The molecule has 0 aliphatic heterocycles. The van der Waals surface area contributed by atoms with E-state index in [1.807, 2.05) is 61.5 Å². The number of benzene rings is 2. The molecule has 2 aromatic carbocycles. The summed E-state index contributed by atoms with van der Waals surface area (Å²) in [5.41, 5.74) is 1.70. The highest BCUT2D eigenvalue weighted by Gasteiger charge is 2.14. The second kappa shape index (κ2) is 7.51. The highest BCUT2D eigenvalue weighted by atomic mass is 32.2. The van der Waals surface area contributed by atoms with Crippen LogP contribution in [-0.4, -0.2) is 11.2 Å². The van der Waals surface area contributed by atoms with Crippen LogP contribution in [-0.2, 0) is 11.2 Å². The largest absolute Gasteiger partial charge is 0.325 e. The third-order valence-corrected chi connectivity index (χ3v) is 4.04. The highest BCUT2D eigenvalue weighted by Crippen LogP contribution is 2.23. The van der Waals surface area contributed by atoms with Crippen LogP contribution in [0.15, 0.2) is 59.5 Å². The molecular formula is C17H16N2OS. The molecule has 0 aliphatic rings. The average Bonchev–Trinajstić information content (AvgIpc) is 2.50. The van der Waals surface area contributed by atoms with Gasteiger partial charge in [0.15, 0.2) is 0 Å². The molecular weight excluding hydrogens is 280 g/mol. The van der Waals surface area contributed by atoms with E-state index in [1.165, 1.54) is 11.8 Å². The molecule has 0 radical (unpaired) electrons. The number of nitrogens with one attached hydrogen (secondary N) is 1. The predicted molar refractivity (Wildman–Crippen MR) is 86.1 cm³/mol. The average molecular weight is 296 g/mol. The molecule has 1 amide bonds. The fourth-order valence-corrected chi connectivity index (χ4v) is 2.69. The van der Waals surface area contributed by atoms with Crippen LogP contribution >= 0.6 is 11.8 Å². The number of amides is 1. The summed E-state index contributed by atoms with van der Waals surface area (Å²) in [7, 11) is 0. The number of carbonyl (C=O) groups excluding carboxylic acids is 1. The van der Waals surface area contributed by atoms with Crippen molar-refractivity contribution in [3.63, 3.8) is 0 Å². The van der Waals surface area contributed by atoms with Crippen LogP contribution in [0.4, 0.5) is 5.69 Å². The van der Waals surface area contributed by atoms with Crippen molar-refractivity contribution in [1.29, 1.82) is 5.26 Å². The minimum atomic E-state index is -0.175. The van der Waals surface area contributed by atoms with Gasteiger partial charge in [-0.3, -0.25) is 4.79 Å². The van der Waals surface area contributed by atoms with Gasteiger partial charge in [0.25, 0.3) is 0 Å². The van der Waals surface area contributed by atoms with Crippen molar-refractivity contribution in [2.45, 2.75) is 23.5 Å². The minimum absolute atomic E-state index is 0.0307. The molecule has 1 atom stereocenters. The fraction of sp³-hybridized carbons (Fsp3) is 0.176. The van der Waals surface area contributed by atoms with Crippen molar-refractivity contribution in [3.05, 3.63) is 60.2 Å². The summed E-state index contributed by atoms with van der Waals surface area (Å²) < 4.78 is 0. The molecule has 0 unspecified atom stereocenters. The quantitative estimate of drug-likeness (QED) is 0.852. The summed E-state index contributed by atoms with van der Waals surface area (Å²) in [6, 6.07) is 19.3. The highest BCUT2D eigenvalue weighted by molar-refractivity contribution is 8.00. The molecule has 0 aromatic heterocycles. The maximum absolute atomic E-state index is 12.1. The molecule has 3 nitrogen and oxygen atoms in total. The molecule has 2 rings (SSSR count). The predicted octanol–water partition coefficient (Wildman–Crippen LogP) is 3.87. The van der Waals surface area contributed by atoms with Gasteiger partial charge < -0.3 is 5.32 Å². The van der Waals surface area contributed by atoms with Gasteiger partial charge in [-0.05, 0) is 36.8 Å². The molecule has 0 fully saturated rings. The molecule has 0 saturated heterocycles. The van der Waals surface area contributed by atoms with Crippen LogP contribution in [0.1, 0.15) is 12.5 Å². The molecule has 0 saturated carbocycles. The van der Waals surface area contributed by atoms with Crippen LogP contribution in [0.2, 0.25) is 0 Å². The van der Waals surface area contributed by atoms with Gasteiger partial charge in [0.05, 0.1) is 17.7 Å². The van der Waals surface area contributed by atoms with E-state index in [4.69, 9.17) is 5.26 Å². The Bertz CT molecular complexity index is 632. The number of anilines is 1. The van der Waals surface area contributed by atoms with Crippen molar-refractivity contribution in [2.75, 3.05) is 5.32 Å². The zero-order valence-electron chi connectivity index (χ0n) is 11.7. The summed E-state index contributed by atoms with van der Waals surface area (Å²) >= 11 is 1.53.